The molecule has 116 valence electrons. The third-order valence-corrected chi connectivity index (χ3v) is 5.39. The number of anilines is 1. The lowest BCUT2D eigenvalue weighted by Crippen LogP contribution is -2.37. The molecule has 1 unspecified atom stereocenters. The quantitative estimate of drug-likeness (QED) is 0.883. The van der Waals surface area contributed by atoms with Crippen molar-refractivity contribution >= 4 is 21.6 Å². The highest BCUT2D eigenvalue weighted by atomic mass is 32.2. The average molecular weight is 311 g/mol. The maximum absolute atomic E-state index is 12.4. The highest BCUT2D eigenvalue weighted by molar-refractivity contribution is 7.91. The van der Waals surface area contributed by atoms with Gasteiger partial charge in [-0.05, 0) is 25.0 Å². The lowest BCUT2D eigenvalue weighted by Gasteiger charge is -2.23. The van der Waals surface area contributed by atoms with Crippen LogP contribution in [0.15, 0.2) is 18.3 Å². The molecule has 0 saturated carbocycles. The van der Waals surface area contributed by atoms with Crippen molar-refractivity contribution < 1.29 is 13.2 Å². The molecule has 1 amide bonds. The van der Waals surface area contributed by atoms with Crippen LogP contribution >= 0.6 is 0 Å². The van der Waals surface area contributed by atoms with Crippen molar-refractivity contribution in [3.8, 4) is 0 Å². The minimum Gasteiger partial charge on any atom is -0.370 e. The molecule has 0 radical (unpaired) electrons. The molecule has 6 nitrogen and oxygen atoms in total. The van der Waals surface area contributed by atoms with Gasteiger partial charge >= 0.3 is 0 Å². The van der Waals surface area contributed by atoms with E-state index in [-0.39, 0.29) is 23.5 Å². The Hall–Kier alpha value is -1.63. The zero-order valence-electron chi connectivity index (χ0n) is 12.4. The predicted molar refractivity (Wildman–Crippen MR) is 82.2 cm³/mol. The highest BCUT2D eigenvalue weighted by Gasteiger charge is 2.33. The zero-order valence-corrected chi connectivity index (χ0v) is 13.2. The second-order valence-corrected chi connectivity index (χ2v) is 7.56. The van der Waals surface area contributed by atoms with Crippen molar-refractivity contribution in [1.82, 2.24) is 9.88 Å². The molecule has 2 rings (SSSR count). The number of pyridine rings is 1. The van der Waals surface area contributed by atoms with E-state index >= 15 is 0 Å². The van der Waals surface area contributed by atoms with Crippen molar-refractivity contribution in [1.29, 1.82) is 0 Å². The molecule has 1 aromatic rings. The topological polar surface area (TPSA) is 79.4 Å². The highest BCUT2D eigenvalue weighted by Crippen LogP contribution is 2.19. The standard InChI is InChI=1S/C14H21N3O3S/c1-3-6-15-13-9-11(4-7-16-13)14(18)17(2)12-5-8-21(19,20)10-12/h4,7,9,12H,3,5-6,8,10H2,1-2H3,(H,15,16). The summed E-state index contributed by atoms with van der Waals surface area (Å²) < 4.78 is 23.0. The van der Waals surface area contributed by atoms with Crippen LogP contribution < -0.4 is 5.32 Å². The van der Waals surface area contributed by atoms with E-state index in [1.165, 1.54) is 4.90 Å². The Kier molecular flexibility index (Phi) is 4.82. The number of carbonyl (C=O) groups is 1. The molecule has 21 heavy (non-hydrogen) atoms. The summed E-state index contributed by atoms with van der Waals surface area (Å²) in [5.41, 5.74) is 0.524. The van der Waals surface area contributed by atoms with E-state index in [1.807, 2.05) is 0 Å². The molecule has 2 heterocycles. The molecule has 1 aromatic heterocycles. The van der Waals surface area contributed by atoms with Gasteiger partial charge in [-0.2, -0.15) is 0 Å². The first-order valence-corrected chi connectivity index (χ1v) is 8.92. The monoisotopic (exact) mass is 311 g/mol. The van der Waals surface area contributed by atoms with Crippen LogP contribution in [-0.2, 0) is 9.84 Å². The lowest BCUT2D eigenvalue weighted by molar-refractivity contribution is 0.0747. The molecular weight excluding hydrogens is 290 g/mol. The van der Waals surface area contributed by atoms with E-state index < -0.39 is 9.84 Å². The first-order chi connectivity index (χ1) is 9.93. The Balaban J connectivity index is 2.09. The second-order valence-electron chi connectivity index (χ2n) is 5.33. The Labute approximate surface area is 125 Å². The van der Waals surface area contributed by atoms with Gasteiger partial charge in [-0.15, -0.1) is 0 Å². The molecule has 1 aliphatic rings. The number of aromatic nitrogens is 1. The van der Waals surface area contributed by atoms with Gasteiger partial charge in [0.25, 0.3) is 5.91 Å². The summed E-state index contributed by atoms with van der Waals surface area (Å²) in [6.45, 7) is 2.84. The number of carbonyl (C=O) groups excluding carboxylic acids is 1. The second kappa shape index (κ2) is 6.43. The molecule has 0 spiro atoms. The Bertz CT molecular complexity index is 616. The van der Waals surface area contributed by atoms with E-state index in [9.17, 15) is 13.2 Å². The summed E-state index contributed by atoms with van der Waals surface area (Å²) in [5.74, 6) is 0.713. The first-order valence-electron chi connectivity index (χ1n) is 7.10. The van der Waals surface area contributed by atoms with Gasteiger partial charge in [0.1, 0.15) is 5.82 Å². The number of sulfone groups is 1. The summed E-state index contributed by atoms with van der Waals surface area (Å²) in [7, 11) is -1.33. The normalized spacial score (nSPS) is 20.2. The number of hydrogen-bond donors (Lipinski definition) is 1. The van der Waals surface area contributed by atoms with Crippen LogP contribution in [0.3, 0.4) is 0 Å². The van der Waals surface area contributed by atoms with Gasteiger partial charge in [0.2, 0.25) is 0 Å². The smallest absolute Gasteiger partial charge is 0.254 e. The molecule has 0 bridgehead atoms. The van der Waals surface area contributed by atoms with E-state index in [2.05, 4.69) is 17.2 Å². The lowest BCUT2D eigenvalue weighted by atomic mass is 10.2. The summed E-state index contributed by atoms with van der Waals surface area (Å²) in [4.78, 5) is 18.1. The van der Waals surface area contributed by atoms with Crippen molar-refractivity contribution in [3.05, 3.63) is 23.9 Å². The number of hydrogen-bond acceptors (Lipinski definition) is 5. The average Bonchev–Trinajstić information content (AvgIpc) is 2.84. The Morgan fingerprint density at radius 3 is 2.90 bits per heavy atom. The Morgan fingerprint density at radius 2 is 2.29 bits per heavy atom. The predicted octanol–water partition coefficient (Wildman–Crippen LogP) is 1.16. The Morgan fingerprint density at radius 1 is 1.52 bits per heavy atom. The van der Waals surface area contributed by atoms with Gasteiger partial charge in [0.05, 0.1) is 11.5 Å². The minimum atomic E-state index is -2.99. The molecule has 0 aliphatic carbocycles. The van der Waals surface area contributed by atoms with Gasteiger partial charge in [-0.3, -0.25) is 4.79 Å². The van der Waals surface area contributed by atoms with Gasteiger partial charge in [-0.1, -0.05) is 6.92 Å². The molecule has 1 aliphatic heterocycles. The van der Waals surface area contributed by atoms with Gasteiger partial charge in [0.15, 0.2) is 9.84 Å². The maximum Gasteiger partial charge on any atom is 0.254 e. The van der Waals surface area contributed by atoms with Crippen LogP contribution in [0.1, 0.15) is 30.1 Å². The number of nitrogens with one attached hydrogen (secondary N) is 1. The van der Waals surface area contributed by atoms with Crippen LogP contribution in [0, 0.1) is 0 Å². The molecule has 1 fully saturated rings. The number of rotatable bonds is 5. The largest absolute Gasteiger partial charge is 0.370 e. The summed E-state index contributed by atoms with van der Waals surface area (Å²) >= 11 is 0. The van der Waals surface area contributed by atoms with E-state index in [0.717, 1.165) is 13.0 Å². The van der Waals surface area contributed by atoms with Crippen LogP contribution in [0.2, 0.25) is 0 Å². The van der Waals surface area contributed by atoms with Gasteiger partial charge in [-0.25, -0.2) is 13.4 Å². The molecule has 1 saturated heterocycles. The molecular formula is C14H21N3O3S. The summed E-state index contributed by atoms with van der Waals surface area (Å²) in [6, 6.07) is 3.12. The summed E-state index contributed by atoms with van der Waals surface area (Å²) in [5, 5.41) is 3.13. The molecule has 0 aromatic carbocycles. The van der Waals surface area contributed by atoms with Gasteiger partial charge in [0, 0.05) is 31.4 Å². The van der Waals surface area contributed by atoms with Crippen molar-refractivity contribution in [3.63, 3.8) is 0 Å². The fraction of sp³-hybridized carbons (Fsp3) is 0.571. The summed E-state index contributed by atoms with van der Waals surface area (Å²) in [6.07, 6.45) is 3.07. The van der Waals surface area contributed by atoms with E-state index in [0.29, 0.717) is 17.8 Å². The van der Waals surface area contributed by atoms with Crippen molar-refractivity contribution in [2.45, 2.75) is 25.8 Å². The fourth-order valence-electron chi connectivity index (χ4n) is 2.36. The van der Waals surface area contributed by atoms with Crippen molar-refractivity contribution in [2.24, 2.45) is 0 Å². The first kappa shape index (κ1) is 15.8. The fourth-order valence-corrected chi connectivity index (χ4v) is 4.14. The SMILES string of the molecule is CCCNc1cc(C(=O)N(C)C2CCS(=O)(=O)C2)ccn1. The van der Waals surface area contributed by atoms with Crippen molar-refractivity contribution in [2.75, 3.05) is 30.4 Å². The molecule has 1 atom stereocenters. The van der Waals surface area contributed by atoms with Crippen LogP contribution in [0.4, 0.5) is 5.82 Å². The third-order valence-electron chi connectivity index (χ3n) is 3.64. The number of amides is 1. The van der Waals surface area contributed by atoms with E-state index in [4.69, 9.17) is 0 Å². The molecule has 7 heteroatoms. The maximum atomic E-state index is 12.4. The zero-order chi connectivity index (χ0) is 15.5. The van der Waals surface area contributed by atoms with Crippen LogP contribution in [-0.4, -0.2) is 55.3 Å². The molecule has 1 N–H and O–H groups in total. The van der Waals surface area contributed by atoms with Crippen LogP contribution in [0.25, 0.3) is 0 Å². The number of nitrogens with zero attached hydrogens (tertiary/aromatic N) is 2. The minimum absolute atomic E-state index is 0.0568. The van der Waals surface area contributed by atoms with Crippen LogP contribution in [0.5, 0.6) is 0 Å². The van der Waals surface area contributed by atoms with E-state index in [1.54, 1.807) is 25.4 Å². The van der Waals surface area contributed by atoms with Gasteiger partial charge < -0.3 is 10.2 Å². The third kappa shape index (κ3) is 3.93.